The molecule has 0 saturated carbocycles. The molecule has 3 aliphatic heterocycles. The number of nitrogens with one attached hydrogen (secondary N) is 1. The fourth-order valence-corrected chi connectivity index (χ4v) is 4.56. The van der Waals surface area contributed by atoms with Crippen LogP contribution in [0.5, 0.6) is 0 Å². The van der Waals surface area contributed by atoms with E-state index in [1.165, 1.54) is 11.0 Å². The smallest absolute Gasteiger partial charge is 0.325 e. The number of rotatable bonds is 6. The Hall–Kier alpha value is -2.43. The molecule has 4 rings (SSSR count). The van der Waals surface area contributed by atoms with Crippen LogP contribution in [0.4, 0.5) is 9.18 Å². The first-order chi connectivity index (χ1) is 15.4. The van der Waals surface area contributed by atoms with Crippen LogP contribution < -0.4 is 5.32 Å². The van der Waals surface area contributed by atoms with Crippen LogP contribution in [0.15, 0.2) is 23.2 Å². The van der Waals surface area contributed by atoms with Crippen molar-refractivity contribution in [2.24, 2.45) is 4.99 Å². The molecule has 1 N–H and O–H groups in total. The zero-order valence-corrected chi connectivity index (χ0v) is 19.0. The Bertz CT molecular complexity index is 887. The third-order valence-electron chi connectivity index (χ3n) is 6.12. The van der Waals surface area contributed by atoms with Gasteiger partial charge in [-0.3, -0.25) is 15.0 Å². The lowest BCUT2D eigenvalue weighted by atomic mass is 10.1. The molecule has 0 spiro atoms. The highest BCUT2D eigenvalue weighted by Crippen LogP contribution is 2.26. The highest BCUT2D eigenvalue weighted by molar-refractivity contribution is 6.31. The monoisotopic (exact) mass is 466 g/mol. The first-order valence-corrected chi connectivity index (χ1v) is 11.2. The van der Waals surface area contributed by atoms with Gasteiger partial charge in [0.1, 0.15) is 5.82 Å². The number of halogens is 2. The number of likely N-dealkylation sites (N-methyl/N-ethyl adjacent to an activating group) is 1. The van der Waals surface area contributed by atoms with E-state index in [0.717, 1.165) is 0 Å². The average molecular weight is 467 g/mol. The topological polar surface area (TPSA) is 80.7 Å². The minimum absolute atomic E-state index is 0.301. The molecule has 3 aliphatic rings. The zero-order chi connectivity index (χ0) is 22.8. The van der Waals surface area contributed by atoms with Crippen molar-refractivity contribution in [1.29, 1.82) is 0 Å². The van der Waals surface area contributed by atoms with Crippen molar-refractivity contribution in [1.82, 2.24) is 24.9 Å². The van der Waals surface area contributed by atoms with Gasteiger partial charge < -0.3 is 19.4 Å². The second-order valence-electron chi connectivity index (χ2n) is 8.05. The highest BCUT2D eigenvalue weighted by Gasteiger charge is 2.49. The van der Waals surface area contributed by atoms with Crippen LogP contribution in [0.1, 0.15) is 12.5 Å². The van der Waals surface area contributed by atoms with E-state index < -0.39 is 18.2 Å². The predicted octanol–water partition coefficient (Wildman–Crippen LogP) is 1.18. The maximum absolute atomic E-state index is 14.2. The molecule has 11 heteroatoms. The summed E-state index contributed by atoms with van der Waals surface area (Å²) in [6, 6.07) is 3.70. The largest absolute Gasteiger partial charge is 0.380 e. The quantitative estimate of drug-likeness (QED) is 0.634. The van der Waals surface area contributed by atoms with Gasteiger partial charge in [-0.2, -0.15) is 0 Å². The number of hydrogen-bond acceptors (Lipinski definition) is 7. The van der Waals surface area contributed by atoms with E-state index >= 15 is 0 Å². The van der Waals surface area contributed by atoms with Crippen LogP contribution in [-0.4, -0.2) is 103 Å². The number of piperazine rings is 1. The van der Waals surface area contributed by atoms with Crippen molar-refractivity contribution in [2.75, 3.05) is 53.0 Å². The first kappa shape index (κ1) is 22.8. The summed E-state index contributed by atoms with van der Waals surface area (Å²) in [5.74, 6) is 0.0474. The van der Waals surface area contributed by atoms with Gasteiger partial charge in [0.15, 0.2) is 18.2 Å². The highest BCUT2D eigenvalue weighted by atomic mass is 35.5. The summed E-state index contributed by atoms with van der Waals surface area (Å²) in [6.45, 7) is 6.59. The minimum atomic E-state index is -0.580. The van der Waals surface area contributed by atoms with Crippen molar-refractivity contribution in [3.05, 3.63) is 34.6 Å². The van der Waals surface area contributed by atoms with Gasteiger partial charge in [-0.15, -0.1) is 0 Å². The summed E-state index contributed by atoms with van der Waals surface area (Å²) >= 11 is 6.18. The Morgan fingerprint density at radius 1 is 1.25 bits per heavy atom. The Labute approximate surface area is 191 Å². The number of urea groups is 1. The summed E-state index contributed by atoms with van der Waals surface area (Å²) in [7, 11) is 1.64. The molecule has 2 atom stereocenters. The molecule has 1 aromatic rings. The number of fused-ring (bicyclic) bond motifs is 1. The molecule has 2 saturated heterocycles. The Kier molecular flexibility index (Phi) is 6.82. The van der Waals surface area contributed by atoms with Crippen LogP contribution in [0.3, 0.4) is 0 Å². The van der Waals surface area contributed by atoms with Gasteiger partial charge >= 0.3 is 6.03 Å². The molecule has 0 bridgehead atoms. The summed E-state index contributed by atoms with van der Waals surface area (Å²) in [5, 5.41) is 2.83. The van der Waals surface area contributed by atoms with Crippen LogP contribution in [0, 0.1) is 5.82 Å². The van der Waals surface area contributed by atoms with Gasteiger partial charge in [-0.25, -0.2) is 14.2 Å². The molecular formula is C21H28ClFN6O3. The van der Waals surface area contributed by atoms with Crippen molar-refractivity contribution >= 4 is 29.5 Å². The molecule has 0 aromatic heterocycles. The summed E-state index contributed by atoms with van der Waals surface area (Å²) in [4.78, 5) is 37.2. The standard InChI is InChI=1S/C21H28ClFN6O3/c1-3-32-12-11-29-17-18(26(2)21(31)25-19(17)30)24-20(29)28-9-7-27(8-10-28)13-14-15(22)5-4-6-16(14)23/h4-6,17-18H,3,7-13H2,1-2H3,(H,25,30,31). The molecule has 0 radical (unpaired) electrons. The maximum Gasteiger partial charge on any atom is 0.325 e. The van der Waals surface area contributed by atoms with E-state index in [0.29, 0.717) is 69.0 Å². The summed E-state index contributed by atoms with van der Waals surface area (Å²) < 4.78 is 19.7. The fraction of sp³-hybridized carbons (Fsp3) is 0.571. The van der Waals surface area contributed by atoms with Gasteiger partial charge in [0.05, 0.1) is 6.61 Å². The van der Waals surface area contributed by atoms with Gasteiger partial charge in [-0.05, 0) is 19.1 Å². The number of amides is 3. The molecular weight excluding hydrogens is 439 g/mol. The third kappa shape index (κ3) is 4.39. The molecule has 3 heterocycles. The second kappa shape index (κ2) is 9.60. The zero-order valence-electron chi connectivity index (χ0n) is 18.3. The van der Waals surface area contributed by atoms with E-state index in [1.54, 1.807) is 19.2 Å². The second-order valence-corrected chi connectivity index (χ2v) is 8.45. The number of guanidine groups is 1. The van der Waals surface area contributed by atoms with Crippen molar-refractivity contribution in [3.63, 3.8) is 0 Å². The number of carbonyl (C=O) groups is 2. The molecule has 9 nitrogen and oxygen atoms in total. The van der Waals surface area contributed by atoms with E-state index in [9.17, 15) is 14.0 Å². The summed E-state index contributed by atoms with van der Waals surface area (Å²) in [6.07, 6.45) is -0.567. The van der Waals surface area contributed by atoms with E-state index in [4.69, 9.17) is 21.3 Å². The van der Waals surface area contributed by atoms with Gasteiger partial charge in [-0.1, -0.05) is 17.7 Å². The third-order valence-corrected chi connectivity index (χ3v) is 6.47. The van der Waals surface area contributed by atoms with Crippen LogP contribution in [-0.2, 0) is 16.1 Å². The number of hydrogen-bond donors (Lipinski definition) is 1. The van der Waals surface area contributed by atoms with E-state index in [-0.39, 0.29) is 11.7 Å². The lowest BCUT2D eigenvalue weighted by molar-refractivity contribution is -0.127. The Balaban J connectivity index is 1.46. The molecule has 2 fully saturated rings. The van der Waals surface area contributed by atoms with Crippen molar-refractivity contribution < 1.29 is 18.7 Å². The molecule has 174 valence electrons. The lowest BCUT2D eigenvalue weighted by Crippen LogP contribution is -2.65. The number of carbonyl (C=O) groups excluding carboxylic acids is 2. The number of imide groups is 1. The van der Waals surface area contributed by atoms with E-state index in [2.05, 4.69) is 15.1 Å². The van der Waals surface area contributed by atoms with Crippen LogP contribution >= 0.6 is 11.6 Å². The number of aliphatic imine (C=N–C) groups is 1. The lowest BCUT2D eigenvalue weighted by Gasteiger charge is -2.40. The van der Waals surface area contributed by atoms with Crippen molar-refractivity contribution in [3.8, 4) is 0 Å². The van der Waals surface area contributed by atoms with Crippen LogP contribution in [0.25, 0.3) is 0 Å². The maximum atomic E-state index is 14.2. The fourth-order valence-electron chi connectivity index (χ4n) is 4.33. The molecule has 2 unspecified atom stereocenters. The SMILES string of the molecule is CCOCCN1C(N2CCN(Cc3c(F)cccc3Cl)CC2)=NC2C1C(=O)NC(=O)N2C. The van der Waals surface area contributed by atoms with Crippen molar-refractivity contribution in [2.45, 2.75) is 25.7 Å². The number of nitrogens with zero attached hydrogens (tertiary/aromatic N) is 5. The Morgan fingerprint density at radius 2 is 2.00 bits per heavy atom. The molecule has 0 aliphatic carbocycles. The number of ether oxygens (including phenoxy) is 1. The minimum Gasteiger partial charge on any atom is -0.380 e. The number of benzene rings is 1. The molecule has 3 amide bonds. The Morgan fingerprint density at radius 3 is 2.69 bits per heavy atom. The molecule has 32 heavy (non-hydrogen) atoms. The van der Waals surface area contributed by atoms with Gasteiger partial charge in [0, 0.05) is 63.5 Å². The van der Waals surface area contributed by atoms with E-state index in [1.807, 2.05) is 11.8 Å². The molecule has 1 aromatic carbocycles. The van der Waals surface area contributed by atoms with Crippen LogP contribution in [0.2, 0.25) is 5.02 Å². The normalized spacial score (nSPS) is 24.0. The van der Waals surface area contributed by atoms with Gasteiger partial charge in [0.2, 0.25) is 0 Å². The first-order valence-electron chi connectivity index (χ1n) is 10.8. The average Bonchev–Trinajstić information content (AvgIpc) is 3.16. The van der Waals surface area contributed by atoms with Gasteiger partial charge in [0.25, 0.3) is 5.91 Å². The summed E-state index contributed by atoms with van der Waals surface area (Å²) in [5.41, 5.74) is 0.502. The predicted molar refractivity (Wildman–Crippen MR) is 118 cm³/mol.